The van der Waals surface area contributed by atoms with Crippen molar-refractivity contribution in [3.63, 3.8) is 0 Å². The molecule has 4 atom stereocenters. The molecule has 0 aromatic heterocycles. The number of carbonyl (C=O) groups is 4. The first-order chi connectivity index (χ1) is 17.9. The number of carbonyl (C=O) groups excluding carboxylic acids is 4. The molecule has 1 saturated carbocycles. The van der Waals surface area contributed by atoms with Gasteiger partial charge in [0.05, 0.1) is 11.6 Å². The molecule has 6 N–H and O–H groups in total. The van der Waals surface area contributed by atoms with Gasteiger partial charge in [-0.25, -0.2) is 0 Å². The van der Waals surface area contributed by atoms with Gasteiger partial charge in [0.25, 0.3) is 5.91 Å². The number of likely N-dealkylation sites (N-methyl/N-ethyl adjacent to an activating group) is 1. The average Bonchev–Trinajstić information content (AvgIpc) is 2.86. The maximum absolute atomic E-state index is 13.9. The minimum Gasteiger partial charge on any atom is -0.508 e. The third-order valence-electron chi connectivity index (χ3n) is 7.96. The van der Waals surface area contributed by atoms with E-state index in [9.17, 15) is 39.6 Å². The second-order valence-corrected chi connectivity index (χ2v) is 10.2. The fourth-order valence-corrected chi connectivity index (χ4v) is 6.26. The SMILES string of the molecule is CN(C)[C@@H]1C(=O)C(C(N)=O)=C(O)[C@@]2(O)C(=O)C3=C(O)c4c(O)ccc(-c5ccc(C=O)cc5)c4CC3CC12. The summed E-state index contributed by atoms with van der Waals surface area (Å²) < 4.78 is 0. The molecule has 0 spiro atoms. The molecular weight excluding hydrogens is 492 g/mol. The number of nitrogens with zero attached hydrogens (tertiary/aromatic N) is 1. The van der Waals surface area contributed by atoms with Crippen LogP contribution in [0.25, 0.3) is 16.9 Å². The van der Waals surface area contributed by atoms with Crippen molar-refractivity contribution in [2.45, 2.75) is 24.5 Å². The Kier molecular flexibility index (Phi) is 5.77. The van der Waals surface area contributed by atoms with Crippen molar-refractivity contribution in [1.82, 2.24) is 4.90 Å². The van der Waals surface area contributed by atoms with Gasteiger partial charge in [-0.3, -0.25) is 24.1 Å². The number of Topliss-reactive ketones (excluding diaryl/α,β-unsaturated/α-hetero) is 2. The van der Waals surface area contributed by atoms with Crippen LogP contribution in [-0.4, -0.2) is 74.8 Å². The van der Waals surface area contributed by atoms with Gasteiger partial charge in [-0.1, -0.05) is 30.3 Å². The number of aliphatic hydroxyl groups excluding tert-OH is 2. The first-order valence-electron chi connectivity index (χ1n) is 12.0. The van der Waals surface area contributed by atoms with E-state index < -0.39 is 58.0 Å². The molecule has 5 rings (SSSR count). The number of aliphatic hydroxyl groups is 3. The topological polar surface area (TPSA) is 178 Å². The summed E-state index contributed by atoms with van der Waals surface area (Å²) in [4.78, 5) is 51.7. The van der Waals surface area contributed by atoms with Crippen LogP contribution in [0.4, 0.5) is 0 Å². The highest BCUT2D eigenvalue weighted by Gasteiger charge is 2.64. The van der Waals surface area contributed by atoms with E-state index in [1.54, 1.807) is 44.4 Å². The fraction of sp³-hybridized carbons (Fsp3) is 0.286. The van der Waals surface area contributed by atoms with Crippen LogP contribution < -0.4 is 5.73 Å². The number of hydrogen-bond acceptors (Lipinski definition) is 9. The van der Waals surface area contributed by atoms with Gasteiger partial charge < -0.3 is 26.2 Å². The van der Waals surface area contributed by atoms with Crippen molar-refractivity contribution < 1.29 is 39.6 Å². The zero-order valence-electron chi connectivity index (χ0n) is 20.6. The molecule has 2 aromatic rings. The molecule has 2 unspecified atom stereocenters. The van der Waals surface area contributed by atoms with Crippen LogP contribution in [0.2, 0.25) is 0 Å². The first-order valence-corrected chi connectivity index (χ1v) is 12.0. The van der Waals surface area contributed by atoms with E-state index in [-0.39, 0.29) is 29.7 Å². The Morgan fingerprint density at radius 1 is 1.08 bits per heavy atom. The lowest BCUT2D eigenvalue weighted by Crippen LogP contribution is -2.65. The van der Waals surface area contributed by atoms with Crippen LogP contribution >= 0.6 is 0 Å². The molecule has 10 nitrogen and oxygen atoms in total. The summed E-state index contributed by atoms with van der Waals surface area (Å²) in [6, 6.07) is 8.62. The molecule has 0 radical (unpaired) electrons. The summed E-state index contributed by atoms with van der Waals surface area (Å²) >= 11 is 0. The zero-order valence-corrected chi connectivity index (χ0v) is 20.6. The summed E-state index contributed by atoms with van der Waals surface area (Å²) in [5.41, 5.74) is 4.02. The molecule has 196 valence electrons. The maximum Gasteiger partial charge on any atom is 0.255 e. The predicted molar refractivity (Wildman–Crippen MR) is 135 cm³/mol. The average molecular weight is 519 g/mol. The summed E-state index contributed by atoms with van der Waals surface area (Å²) in [5.74, 6) is -6.92. The molecule has 1 fully saturated rings. The number of ketones is 2. The van der Waals surface area contributed by atoms with E-state index in [1.165, 1.54) is 11.0 Å². The first kappa shape index (κ1) is 25.4. The predicted octanol–water partition coefficient (Wildman–Crippen LogP) is 1.44. The number of primary amides is 1. The van der Waals surface area contributed by atoms with Gasteiger partial charge in [0.15, 0.2) is 11.4 Å². The number of aromatic hydroxyl groups is 1. The van der Waals surface area contributed by atoms with Crippen molar-refractivity contribution >= 4 is 29.5 Å². The molecule has 0 aliphatic heterocycles. The zero-order chi connectivity index (χ0) is 27.7. The van der Waals surface area contributed by atoms with Crippen LogP contribution in [-0.2, 0) is 20.8 Å². The molecular formula is C28H26N2O8. The molecule has 3 aliphatic rings. The lowest BCUT2D eigenvalue weighted by atomic mass is 9.57. The van der Waals surface area contributed by atoms with Crippen LogP contribution in [0.15, 0.2) is 53.3 Å². The van der Waals surface area contributed by atoms with Crippen LogP contribution in [0.3, 0.4) is 0 Å². The van der Waals surface area contributed by atoms with Gasteiger partial charge in [0.2, 0.25) is 5.78 Å². The van der Waals surface area contributed by atoms with Gasteiger partial charge in [-0.15, -0.1) is 0 Å². The molecule has 38 heavy (non-hydrogen) atoms. The summed E-state index contributed by atoms with van der Waals surface area (Å²) in [6.45, 7) is 0. The third kappa shape index (κ3) is 3.34. The Labute approximate surface area is 217 Å². The normalized spacial score (nSPS) is 26.7. The molecule has 0 saturated heterocycles. The minimum atomic E-state index is -2.68. The monoisotopic (exact) mass is 518 g/mol. The highest BCUT2D eigenvalue weighted by atomic mass is 16.3. The minimum absolute atomic E-state index is 0.00490. The Morgan fingerprint density at radius 2 is 1.74 bits per heavy atom. The lowest BCUT2D eigenvalue weighted by molar-refractivity contribution is -0.153. The number of fused-ring (bicyclic) bond motifs is 3. The lowest BCUT2D eigenvalue weighted by Gasteiger charge is -2.50. The second-order valence-electron chi connectivity index (χ2n) is 10.2. The molecule has 3 aliphatic carbocycles. The van der Waals surface area contributed by atoms with Gasteiger partial charge in [-0.2, -0.15) is 0 Å². The number of phenols is 1. The van der Waals surface area contributed by atoms with E-state index in [0.29, 0.717) is 28.5 Å². The van der Waals surface area contributed by atoms with E-state index in [0.717, 1.165) is 0 Å². The number of nitrogens with two attached hydrogens (primary N) is 1. The Bertz CT molecular complexity index is 1490. The standard InChI is InChI=1S/C28H26N2O8/c1-30(2)22-17-10-14-9-16-15(13-5-3-12(11-31)4-6-13)7-8-18(32)20(16)23(33)19(14)25(35)28(17,38)26(36)21(24(22)34)27(29)37/h3-8,11,14,17,22,32-33,36,38H,9-10H2,1-2H3,(H2,29,37)/t14?,17?,22-,28-/m0/s1. The van der Waals surface area contributed by atoms with Crippen LogP contribution in [0.1, 0.15) is 27.9 Å². The smallest absolute Gasteiger partial charge is 0.255 e. The largest absolute Gasteiger partial charge is 0.508 e. The summed E-state index contributed by atoms with van der Waals surface area (Å²) in [6.07, 6.45) is 0.893. The van der Waals surface area contributed by atoms with E-state index in [4.69, 9.17) is 5.73 Å². The van der Waals surface area contributed by atoms with Crippen molar-refractivity contribution in [3.8, 4) is 16.9 Å². The highest BCUT2D eigenvalue weighted by Crippen LogP contribution is 2.53. The maximum atomic E-state index is 13.9. The Morgan fingerprint density at radius 3 is 2.32 bits per heavy atom. The number of rotatable bonds is 4. The third-order valence-corrected chi connectivity index (χ3v) is 7.96. The van der Waals surface area contributed by atoms with Crippen molar-refractivity contribution in [3.05, 3.63) is 70.0 Å². The number of hydrogen-bond donors (Lipinski definition) is 5. The Hall–Kier alpha value is -4.28. The summed E-state index contributed by atoms with van der Waals surface area (Å²) in [7, 11) is 3.10. The molecule has 0 bridgehead atoms. The second kappa shape index (κ2) is 8.64. The van der Waals surface area contributed by atoms with Crippen molar-refractivity contribution in [1.29, 1.82) is 0 Å². The quantitative estimate of drug-likeness (QED) is 0.296. The number of amides is 1. The van der Waals surface area contributed by atoms with Crippen molar-refractivity contribution in [2.75, 3.05) is 14.1 Å². The molecule has 0 heterocycles. The van der Waals surface area contributed by atoms with E-state index in [1.807, 2.05) is 0 Å². The summed E-state index contributed by atoms with van der Waals surface area (Å²) in [5, 5.41) is 44.6. The fourth-order valence-electron chi connectivity index (χ4n) is 6.26. The van der Waals surface area contributed by atoms with E-state index >= 15 is 0 Å². The Balaban J connectivity index is 1.72. The van der Waals surface area contributed by atoms with Gasteiger partial charge in [0, 0.05) is 17.1 Å². The number of aldehydes is 1. The van der Waals surface area contributed by atoms with Gasteiger partial charge in [0.1, 0.15) is 29.1 Å². The van der Waals surface area contributed by atoms with Crippen LogP contribution in [0, 0.1) is 11.8 Å². The molecule has 2 aromatic carbocycles. The van der Waals surface area contributed by atoms with Crippen LogP contribution in [0.5, 0.6) is 5.75 Å². The van der Waals surface area contributed by atoms with Gasteiger partial charge in [-0.05, 0) is 55.6 Å². The molecule has 10 heteroatoms. The molecule has 1 amide bonds. The van der Waals surface area contributed by atoms with Crippen molar-refractivity contribution in [2.24, 2.45) is 17.6 Å². The van der Waals surface area contributed by atoms with Gasteiger partial charge >= 0.3 is 0 Å². The number of phenolic OH excluding ortho intramolecular Hbond substituents is 1. The highest BCUT2D eigenvalue weighted by molar-refractivity contribution is 6.24. The number of benzene rings is 2. The van der Waals surface area contributed by atoms with E-state index in [2.05, 4.69) is 0 Å².